The first kappa shape index (κ1) is 17.4. The highest BCUT2D eigenvalue weighted by atomic mass is 35.5. The number of ether oxygens (including phenoxy) is 1. The summed E-state index contributed by atoms with van der Waals surface area (Å²) in [4.78, 5) is 4.59. The van der Waals surface area contributed by atoms with E-state index in [2.05, 4.69) is 10.1 Å². The van der Waals surface area contributed by atoms with E-state index in [0.717, 1.165) is 11.3 Å². The Labute approximate surface area is 151 Å². The molecule has 0 saturated carbocycles. The topological polar surface area (TPSA) is 39.9 Å². The zero-order chi connectivity index (χ0) is 18.2. The molecule has 0 bridgehead atoms. The smallest absolute Gasteiger partial charge is 0.185 e. The lowest BCUT2D eigenvalue weighted by atomic mass is 9.83. The van der Waals surface area contributed by atoms with Crippen molar-refractivity contribution in [3.8, 4) is 17.1 Å². The summed E-state index contributed by atoms with van der Waals surface area (Å²) in [6.07, 6.45) is 0. The number of methoxy groups -OCH3 is 1. The van der Waals surface area contributed by atoms with E-state index in [1.165, 1.54) is 6.07 Å². The summed E-state index contributed by atoms with van der Waals surface area (Å²) in [5, 5.41) is 4.68. The van der Waals surface area contributed by atoms with Gasteiger partial charge in [0.25, 0.3) is 0 Å². The van der Waals surface area contributed by atoms with E-state index < -0.39 is 11.2 Å². The number of halogens is 2. The average molecular weight is 360 g/mol. The van der Waals surface area contributed by atoms with Crippen molar-refractivity contribution in [3.63, 3.8) is 0 Å². The van der Waals surface area contributed by atoms with Crippen LogP contribution in [0.3, 0.4) is 0 Å². The first-order valence-corrected chi connectivity index (χ1v) is 8.23. The predicted octanol–water partition coefficient (Wildman–Crippen LogP) is 4.61. The van der Waals surface area contributed by atoms with Gasteiger partial charge in [0.2, 0.25) is 0 Å². The zero-order valence-electron chi connectivity index (χ0n) is 14.5. The lowest BCUT2D eigenvalue weighted by molar-refractivity contribution is 0.414. The normalized spacial score (nSPS) is 11.6. The molecule has 0 aliphatic rings. The summed E-state index contributed by atoms with van der Waals surface area (Å²) in [6.45, 7) is 4.09. The van der Waals surface area contributed by atoms with Crippen LogP contribution in [0, 0.1) is 5.82 Å². The van der Waals surface area contributed by atoms with Gasteiger partial charge in [-0.15, -0.1) is 0 Å². The quantitative estimate of drug-likeness (QED) is 0.683. The molecule has 0 amide bonds. The highest BCUT2D eigenvalue weighted by Crippen LogP contribution is 2.34. The van der Waals surface area contributed by atoms with Crippen molar-refractivity contribution < 1.29 is 9.13 Å². The SMILES string of the molecule is COc1ccc(C(C)(C)c2nc(-c3c(F)cccc3Cl)nn2C)cc1. The summed E-state index contributed by atoms with van der Waals surface area (Å²) < 4.78 is 21.1. The largest absolute Gasteiger partial charge is 0.497 e. The van der Waals surface area contributed by atoms with E-state index >= 15 is 0 Å². The van der Waals surface area contributed by atoms with Gasteiger partial charge in [0.1, 0.15) is 17.4 Å². The van der Waals surface area contributed by atoms with Crippen LogP contribution in [0.1, 0.15) is 25.2 Å². The molecule has 0 spiro atoms. The molecule has 0 saturated heterocycles. The van der Waals surface area contributed by atoms with Crippen molar-refractivity contribution in [3.05, 3.63) is 64.7 Å². The van der Waals surface area contributed by atoms with E-state index in [1.807, 2.05) is 38.1 Å². The van der Waals surface area contributed by atoms with Crippen molar-refractivity contribution in [1.29, 1.82) is 0 Å². The van der Waals surface area contributed by atoms with Gasteiger partial charge in [-0.3, -0.25) is 4.68 Å². The summed E-state index contributed by atoms with van der Waals surface area (Å²) in [7, 11) is 3.43. The number of aryl methyl sites for hydroxylation is 1. The Morgan fingerprint density at radius 2 is 1.80 bits per heavy atom. The minimum atomic E-state index is -0.438. The van der Waals surface area contributed by atoms with Crippen LogP contribution in [0.25, 0.3) is 11.4 Å². The van der Waals surface area contributed by atoms with Crippen molar-refractivity contribution in [1.82, 2.24) is 14.8 Å². The lowest BCUT2D eigenvalue weighted by Crippen LogP contribution is -2.23. The fraction of sp³-hybridized carbons (Fsp3) is 0.263. The van der Waals surface area contributed by atoms with Gasteiger partial charge in [-0.25, -0.2) is 9.37 Å². The zero-order valence-corrected chi connectivity index (χ0v) is 15.3. The molecular formula is C19H19ClFN3O. The van der Waals surface area contributed by atoms with Crippen LogP contribution in [0.5, 0.6) is 5.75 Å². The maximum atomic E-state index is 14.2. The molecule has 0 unspecified atom stereocenters. The maximum absolute atomic E-state index is 14.2. The van der Waals surface area contributed by atoms with Crippen molar-refractivity contribution >= 4 is 11.6 Å². The van der Waals surface area contributed by atoms with Crippen LogP contribution >= 0.6 is 11.6 Å². The average Bonchev–Trinajstić information content (AvgIpc) is 2.97. The Morgan fingerprint density at radius 1 is 1.12 bits per heavy atom. The van der Waals surface area contributed by atoms with Crippen LogP contribution in [-0.4, -0.2) is 21.9 Å². The molecule has 0 N–H and O–H groups in total. The van der Waals surface area contributed by atoms with Gasteiger partial charge < -0.3 is 4.74 Å². The predicted molar refractivity (Wildman–Crippen MR) is 96.5 cm³/mol. The molecule has 0 fully saturated rings. The number of rotatable bonds is 4. The second-order valence-electron chi connectivity index (χ2n) is 6.33. The Bertz CT molecular complexity index is 883. The van der Waals surface area contributed by atoms with E-state index in [-0.39, 0.29) is 11.4 Å². The molecule has 25 heavy (non-hydrogen) atoms. The van der Waals surface area contributed by atoms with Crippen molar-refractivity contribution in [2.24, 2.45) is 7.05 Å². The molecule has 6 heteroatoms. The van der Waals surface area contributed by atoms with Gasteiger partial charge in [-0.05, 0) is 43.7 Å². The minimum absolute atomic E-state index is 0.219. The summed E-state index contributed by atoms with van der Waals surface area (Å²) in [5.74, 6) is 1.34. The second kappa shape index (κ2) is 6.48. The van der Waals surface area contributed by atoms with Crippen LogP contribution in [0.2, 0.25) is 5.02 Å². The highest BCUT2D eigenvalue weighted by Gasteiger charge is 2.30. The number of hydrogen-bond acceptors (Lipinski definition) is 3. The lowest BCUT2D eigenvalue weighted by Gasteiger charge is -2.24. The third-order valence-electron chi connectivity index (χ3n) is 4.32. The van der Waals surface area contributed by atoms with Gasteiger partial charge in [0, 0.05) is 12.5 Å². The molecule has 1 aromatic heterocycles. The molecule has 2 aromatic carbocycles. The maximum Gasteiger partial charge on any atom is 0.185 e. The molecule has 0 atom stereocenters. The van der Waals surface area contributed by atoms with Gasteiger partial charge >= 0.3 is 0 Å². The second-order valence-corrected chi connectivity index (χ2v) is 6.74. The molecule has 0 radical (unpaired) electrons. The van der Waals surface area contributed by atoms with Gasteiger partial charge in [-0.1, -0.05) is 29.8 Å². The number of aromatic nitrogens is 3. The molecule has 130 valence electrons. The van der Waals surface area contributed by atoms with E-state index in [9.17, 15) is 4.39 Å². The summed E-state index contributed by atoms with van der Waals surface area (Å²) in [5.41, 5.74) is 0.843. The highest BCUT2D eigenvalue weighted by molar-refractivity contribution is 6.33. The number of benzene rings is 2. The third kappa shape index (κ3) is 3.12. The number of nitrogens with zero attached hydrogens (tertiary/aromatic N) is 3. The molecular weight excluding hydrogens is 341 g/mol. The van der Waals surface area contributed by atoms with E-state index in [1.54, 1.807) is 31.0 Å². The summed E-state index contributed by atoms with van der Waals surface area (Å²) in [6, 6.07) is 12.3. The Balaban J connectivity index is 2.07. The van der Waals surface area contributed by atoms with Gasteiger partial charge in [0.05, 0.1) is 17.7 Å². The summed E-state index contributed by atoms with van der Waals surface area (Å²) >= 11 is 6.15. The Morgan fingerprint density at radius 3 is 2.40 bits per heavy atom. The molecule has 3 aromatic rings. The first-order chi connectivity index (χ1) is 11.8. The van der Waals surface area contributed by atoms with Crippen molar-refractivity contribution in [2.45, 2.75) is 19.3 Å². The first-order valence-electron chi connectivity index (χ1n) is 7.85. The third-order valence-corrected chi connectivity index (χ3v) is 4.64. The van der Waals surface area contributed by atoms with Gasteiger partial charge in [-0.2, -0.15) is 5.10 Å². The van der Waals surface area contributed by atoms with E-state index in [0.29, 0.717) is 10.8 Å². The monoisotopic (exact) mass is 359 g/mol. The van der Waals surface area contributed by atoms with Gasteiger partial charge in [0.15, 0.2) is 5.82 Å². The Hall–Kier alpha value is -2.40. The molecule has 1 heterocycles. The van der Waals surface area contributed by atoms with E-state index in [4.69, 9.17) is 16.3 Å². The molecule has 0 aliphatic carbocycles. The number of hydrogen-bond donors (Lipinski definition) is 0. The van der Waals surface area contributed by atoms with Crippen LogP contribution < -0.4 is 4.74 Å². The van der Waals surface area contributed by atoms with Crippen LogP contribution in [0.15, 0.2) is 42.5 Å². The van der Waals surface area contributed by atoms with Crippen molar-refractivity contribution in [2.75, 3.05) is 7.11 Å². The fourth-order valence-corrected chi connectivity index (χ4v) is 3.13. The molecule has 4 nitrogen and oxygen atoms in total. The molecule has 3 rings (SSSR count). The molecule has 0 aliphatic heterocycles. The van der Waals surface area contributed by atoms with Crippen LogP contribution in [0.4, 0.5) is 4.39 Å². The van der Waals surface area contributed by atoms with Crippen LogP contribution in [-0.2, 0) is 12.5 Å². The minimum Gasteiger partial charge on any atom is -0.497 e. The standard InChI is InChI=1S/C19H19ClFN3O/c1-19(2,12-8-10-13(25-4)11-9-12)18-22-17(23-24(18)3)16-14(20)6-5-7-15(16)21/h5-11H,1-4H3. The fourth-order valence-electron chi connectivity index (χ4n) is 2.88. The Kier molecular flexibility index (Phi) is 4.52.